The van der Waals surface area contributed by atoms with Crippen LogP contribution in [0.15, 0.2) is 17.0 Å². The fourth-order valence-corrected chi connectivity index (χ4v) is 5.03. The van der Waals surface area contributed by atoms with Crippen molar-refractivity contribution in [1.82, 2.24) is 9.78 Å². The highest BCUT2D eigenvalue weighted by Crippen LogP contribution is 2.44. The average Bonchev–Trinajstić information content (AvgIpc) is 3.24. The normalized spacial score (nSPS) is 17.3. The second-order valence-electron chi connectivity index (χ2n) is 7.86. The highest BCUT2D eigenvalue weighted by Gasteiger charge is 2.35. The number of benzene rings is 1. The molecule has 1 aromatic carbocycles. The first-order valence-electron chi connectivity index (χ1n) is 9.59. The van der Waals surface area contributed by atoms with E-state index in [9.17, 15) is 18.3 Å². The first kappa shape index (κ1) is 19.0. The molecular formula is C20H25N3O4S. The van der Waals surface area contributed by atoms with Crippen molar-refractivity contribution in [2.24, 2.45) is 7.05 Å². The van der Waals surface area contributed by atoms with Gasteiger partial charge in [0, 0.05) is 37.9 Å². The van der Waals surface area contributed by atoms with E-state index in [1.165, 1.54) is 17.0 Å². The maximum atomic E-state index is 13.4. The Bertz CT molecular complexity index is 1060. The Hall–Kier alpha value is -2.35. The zero-order valence-electron chi connectivity index (χ0n) is 16.4. The van der Waals surface area contributed by atoms with Gasteiger partial charge in [0.1, 0.15) is 5.56 Å². The van der Waals surface area contributed by atoms with Crippen LogP contribution in [0.3, 0.4) is 0 Å². The number of rotatable bonds is 5. The lowest BCUT2D eigenvalue weighted by atomic mass is 9.96. The molecule has 1 saturated heterocycles. The number of aromatic hydroxyl groups is 1. The molecule has 2 heterocycles. The molecule has 2 aromatic rings. The van der Waals surface area contributed by atoms with E-state index in [-0.39, 0.29) is 28.0 Å². The van der Waals surface area contributed by atoms with Crippen LogP contribution in [0.4, 0.5) is 5.69 Å². The predicted octanol–water partition coefficient (Wildman–Crippen LogP) is 2.55. The van der Waals surface area contributed by atoms with Crippen LogP contribution in [-0.4, -0.2) is 48.4 Å². The topological polar surface area (TPSA) is 92.5 Å². The molecule has 1 saturated carbocycles. The molecule has 0 atom stereocenters. The molecule has 2 fully saturated rings. The first-order valence-corrected chi connectivity index (χ1v) is 11.5. The molecule has 0 radical (unpaired) electrons. The van der Waals surface area contributed by atoms with Crippen molar-refractivity contribution in [3.05, 3.63) is 34.5 Å². The lowest BCUT2D eigenvalue weighted by Crippen LogP contribution is -2.23. The molecule has 0 bridgehead atoms. The first-order chi connectivity index (χ1) is 13.2. The fraction of sp³-hybridized carbons (Fsp3) is 0.500. The van der Waals surface area contributed by atoms with Gasteiger partial charge in [0.25, 0.3) is 0 Å². The summed E-state index contributed by atoms with van der Waals surface area (Å²) in [6, 6.07) is 3.09. The second-order valence-corrected chi connectivity index (χ2v) is 9.85. The average molecular weight is 404 g/mol. The number of aromatic nitrogens is 2. The third-order valence-corrected chi connectivity index (χ3v) is 6.82. The molecule has 0 amide bonds. The van der Waals surface area contributed by atoms with Gasteiger partial charge in [0.05, 0.1) is 16.3 Å². The Morgan fingerprint density at radius 2 is 1.86 bits per heavy atom. The van der Waals surface area contributed by atoms with Crippen LogP contribution in [0.1, 0.15) is 58.8 Å². The van der Waals surface area contributed by atoms with Crippen molar-refractivity contribution in [3.63, 3.8) is 0 Å². The highest BCUT2D eigenvalue weighted by atomic mass is 32.2. The predicted molar refractivity (Wildman–Crippen MR) is 106 cm³/mol. The summed E-state index contributed by atoms with van der Waals surface area (Å²) in [4.78, 5) is 15.7. The monoisotopic (exact) mass is 403 g/mol. The van der Waals surface area contributed by atoms with E-state index in [4.69, 9.17) is 0 Å². The molecule has 8 heteroatoms. The molecule has 4 rings (SSSR count). The summed E-state index contributed by atoms with van der Waals surface area (Å²) in [5.74, 6) is -0.230. The van der Waals surface area contributed by atoms with E-state index in [1.54, 1.807) is 20.0 Å². The zero-order chi connectivity index (χ0) is 20.2. The van der Waals surface area contributed by atoms with Gasteiger partial charge >= 0.3 is 0 Å². The maximum Gasteiger partial charge on any atom is 0.220 e. The lowest BCUT2D eigenvalue weighted by Gasteiger charge is -2.24. The number of carbonyl (C=O) groups is 1. The molecule has 150 valence electrons. The number of carbonyl (C=O) groups excluding carboxylic acids is 1. The summed E-state index contributed by atoms with van der Waals surface area (Å²) >= 11 is 0. The van der Waals surface area contributed by atoms with E-state index in [0.717, 1.165) is 38.8 Å². The molecule has 1 aromatic heterocycles. The second kappa shape index (κ2) is 6.62. The summed E-state index contributed by atoms with van der Waals surface area (Å²) in [7, 11) is -1.82. The van der Waals surface area contributed by atoms with Crippen LogP contribution < -0.4 is 4.90 Å². The number of ketones is 1. The van der Waals surface area contributed by atoms with Gasteiger partial charge < -0.3 is 10.0 Å². The van der Waals surface area contributed by atoms with Crippen molar-refractivity contribution < 1.29 is 18.3 Å². The molecule has 0 spiro atoms. The number of aryl methyl sites for hydroxylation is 1. The van der Waals surface area contributed by atoms with Gasteiger partial charge in [-0.25, -0.2) is 13.1 Å². The third-order valence-electron chi connectivity index (χ3n) is 5.70. The highest BCUT2D eigenvalue weighted by molar-refractivity contribution is 7.90. The minimum atomic E-state index is -3.43. The van der Waals surface area contributed by atoms with Gasteiger partial charge in [-0.05, 0) is 50.3 Å². The summed E-state index contributed by atoms with van der Waals surface area (Å²) in [6.07, 6.45) is 5.11. The van der Waals surface area contributed by atoms with Gasteiger partial charge in [0.2, 0.25) is 11.7 Å². The number of hydrogen-bond donors (Lipinski definition) is 1. The Labute approximate surface area is 164 Å². The number of hydrogen-bond acceptors (Lipinski definition) is 6. The van der Waals surface area contributed by atoms with Gasteiger partial charge in [-0.1, -0.05) is 0 Å². The molecule has 28 heavy (non-hydrogen) atoms. The van der Waals surface area contributed by atoms with Crippen molar-refractivity contribution >= 4 is 21.3 Å². The number of anilines is 1. The van der Waals surface area contributed by atoms with Crippen LogP contribution in [-0.2, 0) is 16.9 Å². The van der Waals surface area contributed by atoms with Crippen molar-refractivity contribution in [2.45, 2.75) is 43.4 Å². The minimum absolute atomic E-state index is 0.138. The molecule has 1 aliphatic carbocycles. The Balaban J connectivity index is 1.87. The quantitative estimate of drug-likeness (QED) is 0.772. The van der Waals surface area contributed by atoms with Crippen LogP contribution >= 0.6 is 0 Å². The molecule has 0 unspecified atom stereocenters. The minimum Gasteiger partial charge on any atom is -0.493 e. The number of nitrogens with zero attached hydrogens (tertiary/aromatic N) is 3. The molecule has 1 N–H and O–H groups in total. The summed E-state index contributed by atoms with van der Waals surface area (Å²) in [6.45, 7) is 3.33. The van der Waals surface area contributed by atoms with E-state index in [1.807, 2.05) is 4.90 Å². The van der Waals surface area contributed by atoms with Gasteiger partial charge in [-0.15, -0.1) is 0 Å². The van der Waals surface area contributed by atoms with Crippen LogP contribution in [0, 0.1) is 6.92 Å². The lowest BCUT2D eigenvalue weighted by molar-refractivity contribution is 0.103. The van der Waals surface area contributed by atoms with Gasteiger partial charge in [0.15, 0.2) is 9.84 Å². The summed E-state index contributed by atoms with van der Waals surface area (Å²) in [5.41, 5.74) is 2.55. The Kier molecular flexibility index (Phi) is 4.49. The molecule has 1 aliphatic heterocycles. The zero-order valence-corrected chi connectivity index (χ0v) is 17.2. The van der Waals surface area contributed by atoms with Crippen molar-refractivity contribution in [2.75, 3.05) is 24.2 Å². The summed E-state index contributed by atoms with van der Waals surface area (Å²) in [5, 5.41) is 14.8. The number of sulfone groups is 1. The third kappa shape index (κ3) is 3.09. The summed E-state index contributed by atoms with van der Waals surface area (Å²) < 4.78 is 26.1. The maximum absolute atomic E-state index is 13.4. The molecule has 7 nitrogen and oxygen atoms in total. The van der Waals surface area contributed by atoms with E-state index in [0.29, 0.717) is 22.5 Å². The Morgan fingerprint density at radius 3 is 2.43 bits per heavy atom. The smallest absolute Gasteiger partial charge is 0.220 e. The van der Waals surface area contributed by atoms with E-state index < -0.39 is 9.84 Å². The van der Waals surface area contributed by atoms with Gasteiger partial charge in [-0.2, -0.15) is 5.10 Å². The Morgan fingerprint density at radius 1 is 1.21 bits per heavy atom. The van der Waals surface area contributed by atoms with Crippen LogP contribution in [0.5, 0.6) is 5.88 Å². The molecular weight excluding hydrogens is 378 g/mol. The van der Waals surface area contributed by atoms with Crippen LogP contribution in [0.25, 0.3) is 0 Å². The van der Waals surface area contributed by atoms with Gasteiger partial charge in [-0.3, -0.25) is 4.79 Å². The largest absolute Gasteiger partial charge is 0.493 e. The van der Waals surface area contributed by atoms with Crippen LogP contribution in [0.2, 0.25) is 0 Å². The van der Waals surface area contributed by atoms with Crippen molar-refractivity contribution in [1.29, 1.82) is 0 Å². The standard InChI is InChI=1S/C20H25N3O4S/c1-12-14(19(24)16-17(13-6-7-13)21-22(2)20(16)25)8-9-15(28(3,26)27)18(12)23-10-4-5-11-23/h8-9,13,25H,4-7,10-11H2,1-3H3. The van der Waals surface area contributed by atoms with E-state index in [2.05, 4.69) is 5.10 Å². The van der Waals surface area contributed by atoms with E-state index >= 15 is 0 Å². The fourth-order valence-electron chi connectivity index (χ4n) is 4.08. The molecule has 2 aliphatic rings. The van der Waals surface area contributed by atoms with Crippen molar-refractivity contribution in [3.8, 4) is 5.88 Å². The SMILES string of the molecule is Cc1c(C(=O)c2c(C3CC3)nn(C)c2O)ccc(S(C)(=O)=O)c1N1CCCC1.